The summed E-state index contributed by atoms with van der Waals surface area (Å²) >= 11 is 5.03. The van der Waals surface area contributed by atoms with E-state index in [4.69, 9.17) is 17.0 Å². The Bertz CT molecular complexity index is 392. The average Bonchev–Trinajstić information content (AvgIpc) is 2.33. The van der Waals surface area contributed by atoms with E-state index < -0.39 is 0 Å². The standard InChI is InChI=1S/C9H14N2O2S/c1-4-13-8(12)5-7-6(2)10-9(14)11(7)3/h4-5H2,1-3H3,(H,10,14). The van der Waals surface area contributed by atoms with E-state index in [-0.39, 0.29) is 12.4 Å². The SMILES string of the molecule is CCOC(=O)Cc1c(C)[nH]c(=S)n1C. The van der Waals surface area contributed by atoms with Gasteiger partial charge in [-0.3, -0.25) is 4.79 Å². The van der Waals surface area contributed by atoms with E-state index in [2.05, 4.69) is 4.98 Å². The Morgan fingerprint density at radius 3 is 2.71 bits per heavy atom. The van der Waals surface area contributed by atoms with Crippen LogP contribution >= 0.6 is 12.2 Å². The topological polar surface area (TPSA) is 47.0 Å². The van der Waals surface area contributed by atoms with Crippen molar-refractivity contribution in [1.82, 2.24) is 9.55 Å². The third-order valence-electron chi connectivity index (χ3n) is 2.05. The summed E-state index contributed by atoms with van der Waals surface area (Å²) in [6.07, 6.45) is 0.267. The van der Waals surface area contributed by atoms with Crippen molar-refractivity contribution in [2.75, 3.05) is 6.61 Å². The van der Waals surface area contributed by atoms with Crippen molar-refractivity contribution in [2.45, 2.75) is 20.3 Å². The van der Waals surface area contributed by atoms with Gasteiger partial charge in [0.25, 0.3) is 0 Å². The van der Waals surface area contributed by atoms with Crippen molar-refractivity contribution in [3.63, 3.8) is 0 Å². The summed E-state index contributed by atoms with van der Waals surface area (Å²) in [4.78, 5) is 14.2. The lowest BCUT2D eigenvalue weighted by Crippen LogP contribution is -2.11. The number of aromatic amines is 1. The highest BCUT2D eigenvalue weighted by Crippen LogP contribution is 2.07. The molecule has 0 bridgehead atoms. The lowest BCUT2D eigenvalue weighted by Gasteiger charge is -2.03. The number of hydrogen-bond acceptors (Lipinski definition) is 3. The lowest BCUT2D eigenvalue weighted by molar-refractivity contribution is -0.142. The molecule has 0 saturated heterocycles. The summed E-state index contributed by atoms with van der Waals surface area (Å²) in [6.45, 7) is 4.09. The zero-order valence-corrected chi connectivity index (χ0v) is 9.40. The van der Waals surface area contributed by atoms with E-state index in [1.165, 1.54) is 0 Å². The maximum absolute atomic E-state index is 11.2. The summed E-state index contributed by atoms with van der Waals surface area (Å²) < 4.78 is 7.28. The first kappa shape index (κ1) is 11.0. The second-order valence-corrected chi connectivity index (χ2v) is 3.43. The molecule has 0 fully saturated rings. The Morgan fingerprint density at radius 1 is 1.64 bits per heavy atom. The number of hydrogen-bond donors (Lipinski definition) is 1. The maximum atomic E-state index is 11.2. The monoisotopic (exact) mass is 214 g/mol. The molecule has 1 heterocycles. The van der Waals surface area contributed by atoms with Crippen LogP contribution in [0.4, 0.5) is 0 Å². The third kappa shape index (κ3) is 2.23. The van der Waals surface area contributed by atoms with Crippen LogP contribution in [0.15, 0.2) is 0 Å². The van der Waals surface area contributed by atoms with Crippen molar-refractivity contribution in [1.29, 1.82) is 0 Å². The van der Waals surface area contributed by atoms with Crippen LogP contribution in [0.25, 0.3) is 0 Å². The number of H-pyrrole nitrogens is 1. The van der Waals surface area contributed by atoms with Gasteiger partial charge in [-0.25, -0.2) is 0 Å². The summed E-state index contributed by atoms with van der Waals surface area (Å²) in [5, 5.41) is 0. The zero-order chi connectivity index (χ0) is 10.7. The van der Waals surface area contributed by atoms with Gasteiger partial charge in [-0.05, 0) is 26.1 Å². The van der Waals surface area contributed by atoms with Crippen molar-refractivity contribution >= 4 is 18.2 Å². The molecule has 0 aromatic carbocycles. The minimum absolute atomic E-state index is 0.222. The molecule has 1 aromatic rings. The minimum atomic E-state index is -0.222. The second-order valence-electron chi connectivity index (χ2n) is 3.04. The molecular weight excluding hydrogens is 200 g/mol. The Morgan fingerprint density at radius 2 is 2.29 bits per heavy atom. The highest BCUT2D eigenvalue weighted by atomic mass is 32.1. The Labute approximate surface area is 87.9 Å². The van der Waals surface area contributed by atoms with Gasteiger partial charge in [0.15, 0.2) is 4.77 Å². The minimum Gasteiger partial charge on any atom is -0.466 e. The van der Waals surface area contributed by atoms with Crippen LogP contribution in [0.2, 0.25) is 0 Å². The molecule has 0 saturated carbocycles. The van der Waals surface area contributed by atoms with Gasteiger partial charge in [0.2, 0.25) is 0 Å². The number of esters is 1. The number of aromatic nitrogens is 2. The predicted molar refractivity (Wildman–Crippen MR) is 55.7 cm³/mol. The van der Waals surface area contributed by atoms with Crippen LogP contribution in [-0.4, -0.2) is 22.1 Å². The van der Waals surface area contributed by atoms with Crippen LogP contribution in [0.1, 0.15) is 18.3 Å². The fourth-order valence-electron chi connectivity index (χ4n) is 1.29. The van der Waals surface area contributed by atoms with E-state index in [1.54, 1.807) is 11.5 Å². The van der Waals surface area contributed by atoms with E-state index in [0.29, 0.717) is 11.4 Å². The number of carbonyl (C=O) groups excluding carboxylic acids is 1. The molecule has 4 nitrogen and oxygen atoms in total. The molecule has 0 aliphatic rings. The molecule has 5 heteroatoms. The third-order valence-corrected chi connectivity index (χ3v) is 2.43. The largest absolute Gasteiger partial charge is 0.466 e. The molecule has 0 atom stereocenters. The molecule has 0 spiro atoms. The molecule has 14 heavy (non-hydrogen) atoms. The molecule has 78 valence electrons. The Hall–Kier alpha value is -1.10. The van der Waals surface area contributed by atoms with Crippen LogP contribution in [0.3, 0.4) is 0 Å². The average molecular weight is 214 g/mol. The van der Waals surface area contributed by atoms with Crippen molar-refractivity contribution < 1.29 is 9.53 Å². The molecular formula is C9H14N2O2S. The number of nitrogens with zero attached hydrogens (tertiary/aromatic N) is 1. The summed E-state index contributed by atoms with van der Waals surface area (Å²) in [5.41, 5.74) is 1.80. The van der Waals surface area contributed by atoms with Crippen molar-refractivity contribution in [3.05, 3.63) is 16.2 Å². The zero-order valence-electron chi connectivity index (χ0n) is 8.59. The number of rotatable bonds is 3. The first-order chi connectivity index (χ1) is 6.56. The number of ether oxygens (including phenoxy) is 1. The van der Waals surface area contributed by atoms with Crippen LogP contribution in [0.5, 0.6) is 0 Å². The molecule has 1 aromatic heterocycles. The molecule has 1 N–H and O–H groups in total. The summed E-state index contributed by atoms with van der Waals surface area (Å²) in [6, 6.07) is 0. The molecule has 0 aliphatic heterocycles. The predicted octanol–water partition coefficient (Wildman–Crippen LogP) is 1.50. The first-order valence-electron chi connectivity index (χ1n) is 4.46. The summed E-state index contributed by atoms with van der Waals surface area (Å²) in [5.74, 6) is -0.222. The van der Waals surface area contributed by atoms with Crippen LogP contribution in [0, 0.1) is 11.7 Å². The van der Waals surface area contributed by atoms with Gasteiger partial charge in [0.05, 0.1) is 13.0 Å². The number of carbonyl (C=O) groups is 1. The molecule has 1 rings (SSSR count). The van der Waals surface area contributed by atoms with E-state index >= 15 is 0 Å². The van der Waals surface area contributed by atoms with Gasteiger partial charge in [0, 0.05) is 18.4 Å². The molecule has 0 amide bonds. The van der Waals surface area contributed by atoms with E-state index in [0.717, 1.165) is 11.4 Å². The van der Waals surface area contributed by atoms with Crippen molar-refractivity contribution in [2.24, 2.45) is 7.05 Å². The fraction of sp³-hybridized carbons (Fsp3) is 0.556. The normalized spacial score (nSPS) is 10.2. The van der Waals surface area contributed by atoms with Crippen LogP contribution in [-0.2, 0) is 23.0 Å². The number of aryl methyl sites for hydroxylation is 1. The van der Waals surface area contributed by atoms with Crippen LogP contribution < -0.4 is 0 Å². The highest BCUT2D eigenvalue weighted by Gasteiger charge is 2.11. The van der Waals surface area contributed by atoms with Gasteiger partial charge in [-0.15, -0.1) is 0 Å². The highest BCUT2D eigenvalue weighted by molar-refractivity contribution is 7.71. The second kappa shape index (κ2) is 4.41. The fourth-order valence-corrected chi connectivity index (χ4v) is 1.55. The molecule has 0 unspecified atom stereocenters. The van der Waals surface area contributed by atoms with Gasteiger partial charge in [-0.2, -0.15) is 0 Å². The van der Waals surface area contributed by atoms with Crippen molar-refractivity contribution in [3.8, 4) is 0 Å². The maximum Gasteiger partial charge on any atom is 0.311 e. The van der Waals surface area contributed by atoms with Gasteiger partial charge >= 0.3 is 5.97 Å². The molecule has 0 aliphatic carbocycles. The Kier molecular flexibility index (Phi) is 3.46. The number of imidazole rings is 1. The first-order valence-corrected chi connectivity index (χ1v) is 4.87. The summed E-state index contributed by atoms with van der Waals surface area (Å²) in [7, 11) is 1.83. The Balaban J connectivity index is 2.86. The lowest BCUT2D eigenvalue weighted by atomic mass is 10.2. The van der Waals surface area contributed by atoms with Gasteiger partial charge in [0.1, 0.15) is 0 Å². The number of nitrogens with one attached hydrogen (secondary N) is 1. The molecule has 0 radical (unpaired) electrons. The van der Waals surface area contributed by atoms with Gasteiger partial charge in [-0.1, -0.05) is 0 Å². The van der Waals surface area contributed by atoms with E-state index in [1.807, 2.05) is 14.0 Å². The van der Waals surface area contributed by atoms with Gasteiger partial charge < -0.3 is 14.3 Å². The smallest absolute Gasteiger partial charge is 0.311 e. The van der Waals surface area contributed by atoms with E-state index in [9.17, 15) is 4.79 Å². The quantitative estimate of drug-likeness (QED) is 0.612.